The van der Waals surface area contributed by atoms with Gasteiger partial charge in [-0.05, 0) is 57.9 Å². The van der Waals surface area contributed by atoms with E-state index in [4.69, 9.17) is 9.47 Å². The fourth-order valence-electron chi connectivity index (χ4n) is 3.78. The zero-order valence-corrected chi connectivity index (χ0v) is 15.0. The fraction of sp³-hybridized carbons (Fsp3) is 0.632. The van der Waals surface area contributed by atoms with Crippen LogP contribution in [0.5, 0.6) is 11.5 Å². The number of hydrogen-bond acceptors (Lipinski definition) is 4. The van der Waals surface area contributed by atoms with Crippen LogP contribution in [0.2, 0.25) is 0 Å². The lowest BCUT2D eigenvalue weighted by Crippen LogP contribution is -2.50. The minimum Gasteiger partial charge on any atom is -0.486 e. The van der Waals surface area contributed by atoms with Gasteiger partial charge >= 0.3 is 0 Å². The molecule has 0 saturated carbocycles. The van der Waals surface area contributed by atoms with Gasteiger partial charge < -0.3 is 14.4 Å². The summed E-state index contributed by atoms with van der Waals surface area (Å²) in [6.45, 7) is 6.69. The molecule has 2 atom stereocenters. The highest BCUT2D eigenvalue weighted by Gasteiger charge is 2.29. The molecule has 1 saturated heterocycles. The summed E-state index contributed by atoms with van der Waals surface area (Å²) < 4.78 is 11.2. The largest absolute Gasteiger partial charge is 0.486 e. The van der Waals surface area contributed by atoms with E-state index in [0.29, 0.717) is 31.8 Å². The number of rotatable bonds is 4. The molecule has 2 unspecified atom stereocenters. The second kappa shape index (κ2) is 7.43. The van der Waals surface area contributed by atoms with Crippen molar-refractivity contribution < 1.29 is 14.3 Å². The zero-order chi connectivity index (χ0) is 17.1. The van der Waals surface area contributed by atoms with Crippen LogP contribution in [-0.4, -0.2) is 54.6 Å². The molecule has 1 aromatic carbocycles. The fourth-order valence-corrected chi connectivity index (χ4v) is 3.78. The predicted molar refractivity (Wildman–Crippen MR) is 93.4 cm³/mol. The summed E-state index contributed by atoms with van der Waals surface area (Å²) in [5.41, 5.74) is 1.13. The molecule has 24 heavy (non-hydrogen) atoms. The van der Waals surface area contributed by atoms with E-state index in [1.165, 1.54) is 6.42 Å². The molecule has 0 N–H and O–H groups in total. The number of likely N-dealkylation sites (N-methyl/N-ethyl adjacent to an activating group) is 1. The van der Waals surface area contributed by atoms with Gasteiger partial charge in [-0.25, -0.2) is 0 Å². The van der Waals surface area contributed by atoms with Crippen LogP contribution in [0.4, 0.5) is 0 Å². The predicted octanol–water partition coefficient (Wildman–Crippen LogP) is 2.68. The molecule has 1 aromatic rings. The Morgan fingerprint density at radius 3 is 2.54 bits per heavy atom. The molecule has 0 radical (unpaired) electrons. The summed E-state index contributed by atoms with van der Waals surface area (Å²) in [5.74, 6) is 1.84. The maximum Gasteiger partial charge on any atom is 0.237 e. The van der Waals surface area contributed by atoms with Crippen molar-refractivity contribution in [1.82, 2.24) is 9.80 Å². The summed E-state index contributed by atoms with van der Waals surface area (Å²) in [5, 5.41) is 0. The molecule has 5 nitrogen and oxygen atoms in total. The van der Waals surface area contributed by atoms with Crippen molar-refractivity contribution in [3.05, 3.63) is 23.8 Å². The van der Waals surface area contributed by atoms with E-state index in [2.05, 4.69) is 23.6 Å². The lowest BCUT2D eigenvalue weighted by Gasteiger charge is -2.39. The zero-order valence-electron chi connectivity index (χ0n) is 15.0. The summed E-state index contributed by atoms with van der Waals surface area (Å²) in [4.78, 5) is 16.8. The van der Waals surface area contributed by atoms with Crippen LogP contribution in [0, 0.1) is 0 Å². The van der Waals surface area contributed by atoms with E-state index >= 15 is 0 Å². The number of ether oxygens (including phenoxy) is 2. The smallest absolute Gasteiger partial charge is 0.237 e. The average molecular weight is 332 g/mol. The van der Waals surface area contributed by atoms with E-state index in [-0.39, 0.29) is 5.91 Å². The first-order valence-electron chi connectivity index (χ1n) is 8.93. The van der Waals surface area contributed by atoms with Gasteiger partial charge in [-0.3, -0.25) is 9.69 Å². The molecule has 2 aliphatic rings. The van der Waals surface area contributed by atoms with Crippen molar-refractivity contribution in [2.45, 2.75) is 51.7 Å². The standard InChI is InChI=1S/C19H28N2O3/c1-14-5-4-6-15(2)21(14)19(22)13-20(3)12-16-7-8-17-18(11-16)24-10-9-23-17/h7-8,11,14-15H,4-6,9-10,12-13H2,1-3H3. The highest BCUT2D eigenvalue weighted by Crippen LogP contribution is 2.31. The number of nitrogens with zero attached hydrogens (tertiary/aromatic N) is 2. The molecule has 1 amide bonds. The van der Waals surface area contributed by atoms with Gasteiger partial charge in [0.25, 0.3) is 0 Å². The van der Waals surface area contributed by atoms with Crippen molar-refractivity contribution in [3.8, 4) is 11.5 Å². The van der Waals surface area contributed by atoms with Gasteiger partial charge in [-0.1, -0.05) is 6.07 Å². The Morgan fingerprint density at radius 1 is 1.17 bits per heavy atom. The normalized spacial score (nSPS) is 23.4. The monoisotopic (exact) mass is 332 g/mol. The summed E-state index contributed by atoms with van der Waals surface area (Å²) in [7, 11) is 1.99. The van der Waals surface area contributed by atoms with Crippen LogP contribution in [0.3, 0.4) is 0 Å². The molecular weight excluding hydrogens is 304 g/mol. The third-order valence-electron chi connectivity index (χ3n) is 4.95. The maximum atomic E-state index is 12.7. The van der Waals surface area contributed by atoms with E-state index in [1.54, 1.807) is 0 Å². The van der Waals surface area contributed by atoms with E-state index in [1.807, 2.05) is 25.2 Å². The van der Waals surface area contributed by atoms with Gasteiger partial charge in [-0.2, -0.15) is 0 Å². The highest BCUT2D eigenvalue weighted by atomic mass is 16.6. The number of piperidine rings is 1. The number of amides is 1. The third-order valence-corrected chi connectivity index (χ3v) is 4.95. The molecular formula is C19H28N2O3. The Kier molecular flexibility index (Phi) is 5.29. The average Bonchev–Trinajstić information content (AvgIpc) is 2.54. The van der Waals surface area contributed by atoms with Crippen molar-refractivity contribution in [2.75, 3.05) is 26.8 Å². The van der Waals surface area contributed by atoms with Crippen LogP contribution in [0.15, 0.2) is 18.2 Å². The quantitative estimate of drug-likeness (QED) is 0.850. The van der Waals surface area contributed by atoms with Crippen LogP contribution < -0.4 is 9.47 Å². The van der Waals surface area contributed by atoms with Gasteiger partial charge in [0.15, 0.2) is 11.5 Å². The topological polar surface area (TPSA) is 42.0 Å². The van der Waals surface area contributed by atoms with Gasteiger partial charge in [0.05, 0.1) is 6.54 Å². The Hall–Kier alpha value is -1.75. The summed E-state index contributed by atoms with van der Waals surface area (Å²) in [6.07, 6.45) is 3.45. The minimum absolute atomic E-state index is 0.231. The first-order valence-corrected chi connectivity index (χ1v) is 8.93. The minimum atomic E-state index is 0.231. The SMILES string of the molecule is CC1CCCC(C)N1C(=O)CN(C)Cc1ccc2c(c1)OCCO2. The number of carbonyl (C=O) groups is 1. The molecule has 2 aliphatic heterocycles. The molecule has 0 aliphatic carbocycles. The van der Waals surface area contributed by atoms with Crippen LogP contribution in [0.25, 0.3) is 0 Å². The van der Waals surface area contributed by atoms with Crippen LogP contribution >= 0.6 is 0 Å². The third kappa shape index (κ3) is 3.83. The second-order valence-corrected chi connectivity index (χ2v) is 7.08. The Labute approximate surface area is 144 Å². The Bertz CT molecular complexity index is 580. The lowest BCUT2D eigenvalue weighted by molar-refractivity contribution is -0.138. The molecule has 5 heteroatoms. The number of benzene rings is 1. The molecule has 0 aromatic heterocycles. The maximum absolute atomic E-state index is 12.7. The van der Waals surface area contributed by atoms with Crippen molar-refractivity contribution in [2.24, 2.45) is 0 Å². The molecule has 1 fully saturated rings. The first-order chi connectivity index (χ1) is 11.5. The number of likely N-dealkylation sites (tertiary alicyclic amines) is 1. The second-order valence-electron chi connectivity index (χ2n) is 7.08. The number of fused-ring (bicyclic) bond motifs is 1. The van der Waals surface area contributed by atoms with Crippen molar-refractivity contribution >= 4 is 5.91 Å². The van der Waals surface area contributed by atoms with Crippen LogP contribution in [0.1, 0.15) is 38.7 Å². The summed E-state index contributed by atoms with van der Waals surface area (Å²) >= 11 is 0. The van der Waals surface area contributed by atoms with Crippen LogP contribution in [-0.2, 0) is 11.3 Å². The molecule has 132 valence electrons. The van der Waals surface area contributed by atoms with E-state index < -0.39 is 0 Å². The highest BCUT2D eigenvalue weighted by molar-refractivity contribution is 5.79. The Morgan fingerprint density at radius 2 is 1.83 bits per heavy atom. The van der Waals surface area contributed by atoms with Gasteiger partial charge in [0, 0.05) is 18.6 Å². The van der Waals surface area contributed by atoms with Gasteiger partial charge in [0.1, 0.15) is 13.2 Å². The number of carbonyl (C=O) groups excluding carboxylic acids is 1. The molecule has 0 spiro atoms. The van der Waals surface area contributed by atoms with E-state index in [0.717, 1.165) is 36.4 Å². The summed E-state index contributed by atoms with van der Waals surface area (Å²) in [6, 6.07) is 6.71. The van der Waals surface area contributed by atoms with Gasteiger partial charge in [-0.15, -0.1) is 0 Å². The molecule has 0 bridgehead atoms. The molecule has 2 heterocycles. The lowest BCUT2D eigenvalue weighted by atomic mass is 9.97. The van der Waals surface area contributed by atoms with E-state index in [9.17, 15) is 4.79 Å². The van der Waals surface area contributed by atoms with Crippen molar-refractivity contribution in [1.29, 1.82) is 0 Å². The molecule has 3 rings (SSSR count). The number of hydrogen-bond donors (Lipinski definition) is 0. The Balaban J connectivity index is 1.59. The first kappa shape index (κ1) is 17.1. The van der Waals surface area contributed by atoms with Gasteiger partial charge in [0.2, 0.25) is 5.91 Å². The van der Waals surface area contributed by atoms with Crippen molar-refractivity contribution in [3.63, 3.8) is 0 Å².